The molecule has 1 saturated heterocycles. The lowest BCUT2D eigenvalue weighted by Crippen LogP contribution is -2.36. The molecule has 0 aliphatic carbocycles. The second-order valence-electron chi connectivity index (χ2n) is 5.27. The van der Waals surface area contributed by atoms with Crippen molar-refractivity contribution in [3.8, 4) is 0 Å². The molecule has 2 aromatic rings. The Morgan fingerprint density at radius 1 is 1.21 bits per heavy atom. The first kappa shape index (κ1) is 12.2. The molecule has 0 spiro atoms. The first-order valence-corrected chi connectivity index (χ1v) is 6.58. The van der Waals surface area contributed by atoms with E-state index in [0.717, 1.165) is 18.5 Å². The number of benzene rings is 2. The monoisotopic (exact) mass is 255 g/mol. The van der Waals surface area contributed by atoms with Crippen molar-refractivity contribution >= 4 is 16.7 Å². The Morgan fingerprint density at radius 3 is 2.68 bits per heavy atom. The highest BCUT2D eigenvalue weighted by Gasteiger charge is 2.38. The minimum absolute atomic E-state index is 0.0899. The van der Waals surface area contributed by atoms with Crippen LogP contribution in [0.15, 0.2) is 42.5 Å². The van der Waals surface area contributed by atoms with Gasteiger partial charge in [-0.25, -0.2) is 0 Å². The molecule has 1 fully saturated rings. The fraction of sp³-hybridized carbons (Fsp3) is 0.312. The number of hydrogen-bond acceptors (Lipinski definition) is 2. The Labute approximate surface area is 112 Å². The van der Waals surface area contributed by atoms with Crippen LogP contribution in [0.4, 0.5) is 0 Å². The topological polar surface area (TPSA) is 40.5 Å². The van der Waals surface area contributed by atoms with Gasteiger partial charge in [0.25, 0.3) is 0 Å². The maximum atomic E-state index is 11.4. The van der Waals surface area contributed by atoms with Gasteiger partial charge < -0.3 is 5.11 Å². The van der Waals surface area contributed by atoms with Crippen LogP contribution in [0.2, 0.25) is 0 Å². The Hall–Kier alpha value is -1.87. The van der Waals surface area contributed by atoms with E-state index in [1.165, 1.54) is 10.8 Å². The molecule has 0 amide bonds. The highest BCUT2D eigenvalue weighted by molar-refractivity contribution is 5.83. The maximum absolute atomic E-state index is 11.4. The van der Waals surface area contributed by atoms with Gasteiger partial charge in [0.15, 0.2) is 0 Å². The van der Waals surface area contributed by atoms with Crippen LogP contribution in [-0.2, 0) is 4.79 Å². The quantitative estimate of drug-likeness (QED) is 0.897. The summed E-state index contributed by atoms with van der Waals surface area (Å²) >= 11 is 0. The van der Waals surface area contributed by atoms with E-state index >= 15 is 0 Å². The second-order valence-corrected chi connectivity index (χ2v) is 5.27. The van der Waals surface area contributed by atoms with Crippen molar-refractivity contribution in [2.75, 3.05) is 13.6 Å². The lowest BCUT2D eigenvalue weighted by Gasteiger charge is -2.21. The van der Waals surface area contributed by atoms with Crippen molar-refractivity contribution < 1.29 is 9.90 Å². The van der Waals surface area contributed by atoms with E-state index in [2.05, 4.69) is 30.3 Å². The zero-order chi connectivity index (χ0) is 13.4. The average molecular weight is 255 g/mol. The molecule has 1 aliphatic rings. The summed E-state index contributed by atoms with van der Waals surface area (Å²) < 4.78 is 0. The van der Waals surface area contributed by atoms with Crippen LogP contribution in [0.1, 0.15) is 17.9 Å². The highest BCUT2D eigenvalue weighted by atomic mass is 16.4. The van der Waals surface area contributed by atoms with E-state index in [0.29, 0.717) is 0 Å². The number of carbonyl (C=O) groups is 1. The third-order valence-corrected chi connectivity index (χ3v) is 4.10. The summed E-state index contributed by atoms with van der Waals surface area (Å²) in [5.74, 6) is -0.634. The summed E-state index contributed by atoms with van der Waals surface area (Å²) in [6, 6.07) is 14.1. The normalized spacial score (nSPS) is 23.8. The van der Waals surface area contributed by atoms with Gasteiger partial charge >= 0.3 is 5.97 Å². The van der Waals surface area contributed by atoms with E-state index in [1.54, 1.807) is 0 Å². The van der Waals surface area contributed by atoms with Gasteiger partial charge in [0.1, 0.15) is 6.04 Å². The Kier molecular flexibility index (Phi) is 2.99. The third-order valence-electron chi connectivity index (χ3n) is 4.10. The maximum Gasteiger partial charge on any atom is 0.321 e. The lowest BCUT2D eigenvalue weighted by atomic mass is 9.90. The molecule has 0 bridgehead atoms. The fourth-order valence-corrected chi connectivity index (χ4v) is 3.09. The van der Waals surface area contributed by atoms with Gasteiger partial charge in [0, 0.05) is 5.92 Å². The number of carboxylic acid groups (broad SMARTS) is 1. The fourth-order valence-electron chi connectivity index (χ4n) is 3.09. The number of fused-ring (bicyclic) bond motifs is 1. The molecular weight excluding hydrogens is 238 g/mol. The van der Waals surface area contributed by atoms with E-state index in [-0.39, 0.29) is 5.92 Å². The molecule has 3 nitrogen and oxygen atoms in total. The number of likely N-dealkylation sites (N-methyl/N-ethyl adjacent to an activating group) is 1. The van der Waals surface area contributed by atoms with Crippen molar-refractivity contribution in [1.82, 2.24) is 4.90 Å². The van der Waals surface area contributed by atoms with Crippen molar-refractivity contribution in [3.05, 3.63) is 48.0 Å². The molecule has 98 valence electrons. The molecule has 3 rings (SSSR count). The van der Waals surface area contributed by atoms with Crippen LogP contribution < -0.4 is 0 Å². The number of hydrogen-bond donors (Lipinski definition) is 1. The molecule has 0 saturated carbocycles. The summed E-state index contributed by atoms with van der Waals surface area (Å²) in [7, 11) is 1.89. The minimum Gasteiger partial charge on any atom is -0.480 e. The van der Waals surface area contributed by atoms with Gasteiger partial charge in [-0.15, -0.1) is 0 Å². The summed E-state index contributed by atoms with van der Waals surface area (Å²) in [4.78, 5) is 13.4. The molecule has 1 unspecified atom stereocenters. The average Bonchev–Trinajstić information content (AvgIpc) is 2.80. The van der Waals surface area contributed by atoms with Crippen LogP contribution in [0.5, 0.6) is 0 Å². The number of carboxylic acids is 1. The van der Waals surface area contributed by atoms with E-state index in [4.69, 9.17) is 0 Å². The Morgan fingerprint density at radius 2 is 1.95 bits per heavy atom. The first-order chi connectivity index (χ1) is 9.16. The number of nitrogens with zero attached hydrogens (tertiary/aromatic N) is 1. The Bertz CT molecular complexity index is 623. The molecule has 1 aliphatic heterocycles. The largest absolute Gasteiger partial charge is 0.480 e. The molecular formula is C16H17NO2. The molecule has 2 atom stereocenters. The molecule has 2 aromatic carbocycles. The van der Waals surface area contributed by atoms with Gasteiger partial charge in [-0.2, -0.15) is 0 Å². The van der Waals surface area contributed by atoms with Crippen LogP contribution in [-0.4, -0.2) is 35.6 Å². The summed E-state index contributed by atoms with van der Waals surface area (Å²) in [6.45, 7) is 0.842. The van der Waals surface area contributed by atoms with Crippen molar-refractivity contribution in [3.63, 3.8) is 0 Å². The van der Waals surface area contributed by atoms with E-state index in [1.807, 2.05) is 24.1 Å². The Balaban J connectivity index is 2.01. The van der Waals surface area contributed by atoms with Crippen LogP contribution in [0.3, 0.4) is 0 Å². The van der Waals surface area contributed by atoms with E-state index in [9.17, 15) is 9.90 Å². The molecule has 0 aromatic heterocycles. The summed E-state index contributed by atoms with van der Waals surface area (Å²) in [5.41, 5.74) is 1.13. The van der Waals surface area contributed by atoms with Gasteiger partial charge in [0.05, 0.1) is 0 Å². The smallest absolute Gasteiger partial charge is 0.321 e. The molecule has 1 heterocycles. The van der Waals surface area contributed by atoms with Crippen molar-refractivity contribution in [2.24, 2.45) is 0 Å². The molecule has 0 radical (unpaired) electrons. The number of aliphatic carboxylic acids is 1. The minimum atomic E-state index is -0.724. The van der Waals surface area contributed by atoms with Crippen LogP contribution in [0.25, 0.3) is 10.8 Å². The molecule has 3 heteroatoms. The van der Waals surface area contributed by atoms with Crippen molar-refractivity contribution in [2.45, 2.75) is 18.4 Å². The van der Waals surface area contributed by atoms with Crippen LogP contribution in [0, 0.1) is 0 Å². The number of rotatable bonds is 2. The van der Waals surface area contributed by atoms with Gasteiger partial charge in [-0.1, -0.05) is 42.5 Å². The van der Waals surface area contributed by atoms with Crippen LogP contribution >= 0.6 is 0 Å². The first-order valence-electron chi connectivity index (χ1n) is 6.58. The zero-order valence-electron chi connectivity index (χ0n) is 10.9. The van der Waals surface area contributed by atoms with Crippen molar-refractivity contribution in [1.29, 1.82) is 0 Å². The third kappa shape index (κ3) is 2.10. The van der Waals surface area contributed by atoms with Gasteiger partial charge in [-0.3, -0.25) is 9.69 Å². The van der Waals surface area contributed by atoms with Gasteiger partial charge in [0.2, 0.25) is 0 Å². The standard InChI is InChI=1S/C16H17NO2/c1-17-9-8-14(15(17)16(18)19)13-7-6-11-4-2-3-5-12(11)10-13/h2-7,10,14-15H,8-9H2,1H3,(H,18,19)/t14-,15?/m1/s1. The number of likely N-dealkylation sites (tertiary alicyclic amines) is 1. The molecule has 1 N–H and O–H groups in total. The predicted octanol–water partition coefficient (Wildman–Crippen LogP) is 2.71. The summed E-state index contributed by atoms with van der Waals surface area (Å²) in [5, 5.41) is 11.8. The second kappa shape index (κ2) is 4.67. The summed E-state index contributed by atoms with van der Waals surface area (Å²) in [6.07, 6.45) is 0.909. The SMILES string of the molecule is CN1CC[C@H](c2ccc3ccccc3c2)C1C(=O)O. The predicted molar refractivity (Wildman–Crippen MR) is 75.4 cm³/mol. The zero-order valence-corrected chi connectivity index (χ0v) is 10.9. The van der Waals surface area contributed by atoms with Gasteiger partial charge in [-0.05, 0) is 36.3 Å². The highest BCUT2D eigenvalue weighted by Crippen LogP contribution is 2.34. The lowest BCUT2D eigenvalue weighted by molar-refractivity contribution is -0.142. The molecule has 19 heavy (non-hydrogen) atoms. The van der Waals surface area contributed by atoms with E-state index < -0.39 is 12.0 Å².